The van der Waals surface area contributed by atoms with Crippen LogP contribution in [0, 0.1) is 0 Å². The molecule has 4 rings (SSSR count). The molecule has 13 heteroatoms. The van der Waals surface area contributed by atoms with Gasteiger partial charge in [0.25, 0.3) is 5.56 Å². The number of fused-ring (bicyclic) bond motifs is 2. The minimum Gasteiger partial charge on any atom is -0.432 e. The molecule has 164 valence electrons. The van der Waals surface area contributed by atoms with E-state index in [1.807, 2.05) is 0 Å². The zero-order chi connectivity index (χ0) is 21.8. The summed E-state index contributed by atoms with van der Waals surface area (Å²) in [6.45, 7) is 6.68. The molecule has 2 aromatic heterocycles. The van der Waals surface area contributed by atoms with Crippen LogP contribution in [0.2, 0.25) is 0 Å². The minimum absolute atomic E-state index is 0.0871. The van der Waals surface area contributed by atoms with Gasteiger partial charge in [0.1, 0.15) is 29.6 Å². The molecule has 0 bridgehead atoms. The Morgan fingerprint density at radius 2 is 2.03 bits per heavy atom. The van der Waals surface area contributed by atoms with E-state index in [0.717, 1.165) is 11.3 Å². The summed E-state index contributed by atoms with van der Waals surface area (Å²) in [4.78, 5) is 42.6. The van der Waals surface area contributed by atoms with Crippen LogP contribution in [0.3, 0.4) is 0 Å². The molecule has 30 heavy (non-hydrogen) atoms. The van der Waals surface area contributed by atoms with E-state index in [-0.39, 0.29) is 29.0 Å². The normalized spacial score (nSPS) is 27.5. The molecule has 0 radical (unpaired) electrons. The Balaban J connectivity index is 1.67. The fourth-order valence-electron chi connectivity index (χ4n) is 3.55. The largest absolute Gasteiger partial charge is 0.508 e. The number of anilines is 1. The molecular formula is C17H22N4O8S. The van der Waals surface area contributed by atoms with Crippen LogP contribution in [0.15, 0.2) is 9.59 Å². The standard InChI is InChI=1S/C17H22N4O8S/c1-6(2)26-16(24)25-5-7-8-9(29-17(3,4)28-8)13(27-7)21-11-10(30-15(21)23)12(22)20-14(18)19-11/h6-9,13H,5H2,1-4H3,(H3,18,19,20,22)/t7-,8-,9-,13-/m1/s1. The van der Waals surface area contributed by atoms with E-state index in [2.05, 4.69) is 9.97 Å². The van der Waals surface area contributed by atoms with Gasteiger partial charge in [-0.2, -0.15) is 4.98 Å². The zero-order valence-electron chi connectivity index (χ0n) is 16.7. The number of hydrogen-bond donors (Lipinski definition) is 2. The Hall–Kier alpha value is -2.48. The van der Waals surface area contributed by atoms with Gasteiger partial charge >= 0.3 is 11.0 Å². The third-order valence-electron chi connectivity index (χ3n) is 4.57. The number of aromatic amines is 1. The lowest BCUT2D eigenvalue weighted by Crippen LogP contribution is -2.34. The molecule has 0 spiro atoms. The summed E-state index contributed by atoms with van der Waals surface area (Å²) in [5.74, 6) is -1.08. The number of thiazole rings is 1. The predicted molar refractivity (Wildman–Crippen MR) is 104 cm³/mol. The lowest BCUT2D eigenvalue weighted by atomic mass is 10.1. The highest BCUT2D eigenvalue weighted by Gasteiger charge is 2.57. The van der Waals surface area contributed by atoms with Crippen LogP contribution >= 0.6 is 11.3 Å². The van der Waals surface area contributed by atoms with Crippen LogP contribution in [-0.2, 0) is 23.7 Å². The van der Waals surface area contributed by atoms with Crippen molar-refractivity contribution in [1.82, 2.24) is 14.5 Å². The maximum Gasteiger partial charge on any atom is 0.508 e. The summed E-state index contributed by atoms with van der Waals surface area (Å²) in [7, 11) is 0. The summed E-state index contributed by atoms with van der Waals surface area (Å²) >= 11 is 0.725. The smallest absolute Gasteiger partial charge is 0.432 e. The van der Waals surface area contributed by atoms with E-state index in [4.69, 9.17) is 29.4 Å². The predicted octanol–water partition coefficient (Wildman–Crippen LogP) is 0.708. The number of nitrogens with zero attached hydrogens (tertiary/aromatic N) is 2. The summed E-state index contributed by atoms with van der Waals surface area (Å²) in [5, 5.41) is 0. The van der Waals surface area contributed by atoms with E-state index >= 15 is 0 Å². The average Bonchev–Trinajstić information content (AvgIpc) is 3.21. The Bertz CT molecular complexity index is 1090. The number of ether oxygens (including phenoxy) is 5. The monoisotopic (exact) mass is 442 g/mol. The number of hydrogen-bond acceptors (Lipinski definition) is 11. The first kappa shape index (κ1) is 20.8. The number of nitrogens with two attached hydrogens (primary N) is 1. The number of H-pyrrole nitrogens is 1. The molecular weight excluding hydrogens is 420 g/mol. The first-order valence-electron chi connectivity index (χ1n) is 9.31. The first-order chi connectivity index (χ1) is 14.1. The SMILES string of the molecule is CC(C)OC(=O)OC[C@H]1O[C@@H](n2c(=O)sc3c(=O)[nH]c(N)nc32)[C@@H]2OC(C)(C)O[C@@H]21. The van der Waals surface area contributed by atoms with Crippen LogP contribution in [-0.4, -0.2) is 57.5 Å². The van der Waals surface area contributed by atoms with Gasteiger partial charge < -0.3 is 29.4 Å². The number of rotatable bonds is 4. The topological polar surface area (TPSA) is 157 Å². The number of aromatic nitrogens is 3. The van der Waals surface area contributed by atoms with Gasteiger partial charge in [0.15, 0.2) is 17.7 Å². The van der Waals surface area contributed by atoms with Gasteiger partial charge in [-0.15, -0.1) is 0 Å². The van der Waals surface area contributed by atoms with Crippen molar-refractivity contribution in [2.45, 2.75) is 64.1 Å². The van der Waals surface area contributed by atoms with Gasteiger partial charge in [0.05, 0.1) is 6.10 Å². The van der Waals surface area contributed by atoms with E-state index in [0.29, 0.717) is 0 Å². The average molecular weight is 442 g/mol. The molecule has 2 fully saturated rings. The van der Waals surface area contributed by atoms with E-state index < -0.39 is 46.9 Å². The van der Waals surface area contributed by atoms with Crippen molar-refractivity contribution in [3.63, 3.8) is 0 Å². The number of nitrogen functional groups attached to an aromatic ring is 1. The van der Waals surface area contributed by atoms with Crippen LogP contribution in [0.1, 0.15) is 33.9 Å². The Labute approximate surface area is 173 Å². The van der Waals surface area contributed by atoms with Crippen molar-refractivity contribution in [2.24, 2.45) is 0 Å². The van der Waals surface area contributed by atoms with Gasteiger partial charge in [0.2, 0.25) is 5.95 Å². The zero-order valence-corrected chi connectivity index (χ0v) is 17.6. The second-order valence-corrected chi connectivity index (χ2v) is 8.66. The summed E-state index contributed by atoms with van der Waals surface area (Å²) in [6.07, 6.45) is -4.20. The van der Waals surface area contributed by atoms with Gasteiger partial charge in [0, 0.05) is 0 Å². The molecule has 3 N–H and O–H groups in total. The minimum atomic E-state index is -0.957. The molecule has 0 unspecified atom stereocenters. The lowest BCUT2D eigenvalue weighted by Gasteiger charge is -2.24. The lowest BCUT2D eigenvalue weighted by molar-refractivity contribution is -0.200. The third-order valence-corrected chi connectivity index (χ3v) is 5.51. The molecule has 12 nitrogen and oxygen atoms in total. The Kier molecular flexibility index (Phi) is 5.08. The number of nitrogens with one attached hydrogen (secondary N) is 1. The van der Waals surface area contributed by atoms with Gasteiger partial charge in [-0.05, 0) is 27.7 Å². The molecule has 2 aliphatic heterocycles. The van der Waals surface area contributed by atoms with Gasteiger partial charge in [-0.1, -0.05) is 11.3 Å². The summed E-state index contributed by atoms with van der Waals surface area (Å²) in [6, 6.07) is 0. The molecule has 2 aliphatic rings. The quantitative estimate of drug-likeness (QED) is 0.646. The molecule has 4 atom stereocenters. The van der Waals surface area contributed by atoms with Crippen molar-refractivity contribution in [3.8, 4) is 0 Å². The highest BCUT2D eigenvalue weighted by molar-refractivity contribution is 7.16. The molecule has 0 aromatic carbocycles. The van der Waals surface area contributed by atoms with Crippen LogP contribution in [0.4, 0.5) is 10.7 Å². The highest BCUT2D eigenvalue weighted by Crippen LogP contribution is 2.43. The molecule has 2 saturated heterocycles. The van der Waals surface area contributed by atoms with Crippen LogP contribution in [0.25, 0.3) is 10.3 Å². The summed E-state index contributed by atoms with van der Waals surface area (Å²) in [5.41, 5.74) is 5.22. The van der Waals surface area contributed by atoms with Crippen molar-refractivity contribution >= 4 is 33.8 Å². The molecule has 0 saturated carbocycles. The van der Waals surface area contributed by atoms with Crippen molar-refractivity contribution in [2.75, 3.05) is 12.3 Å². The number of carbonyl (C=O) groups is 1. The second kappa shape index (κ2) is 7.34. The van der Waals surface area contributed by atoms with Crippen molar-refractivity contribution in [3.05, 3.63) is 20.0 Å². The maximum absolute atomic E-state index is 12.7. The first-order valence-corrected chi connectivity index (χ1v) is 10.1. The van der Waals surface area contributed by atoms with Crippen LogP contribution < -0.4 is 16.2 Å². The van der Waals surface area contributed by atoms with Crippen molar-refractivity contribution in [1.29, 1.82) is 0 Å². The van der Waals surface area contributed by atoms with Gasteiger partial charge in [-0.3, -0.25) is 19.1 Å². The Morgan fingerprint density at radius 3 is 2.73 bits per heavy atom. The molecule has 4 heterocycles. The fourth-order valence-corrected chi connectivity index (χ4v) is 4.39. The maximum atomic E-state index is 12.7. The molecule has 0 amide bonds. The molecule has 2 aromatic rings. The van der Waals surface area contributed by atoms with Crippen LogP contribution in [0.5, 0.6) is 0 Å². The highest BCUT2D eigenvalue weighted by atomic mass is 32.1. The van der Waals surface area contributed by atoms with E-state index in [1.54, 1.807) is 27.7 Å². The third kappa shape index (κ3) is 3.69. The number of carbonyl (C=O) groups excluding carboxylic acids is 1. The van der Waals surface area contributed by atoms with Gasteiger partial charge in [-0.25, -0.2) is 4.79 Å². The fraction of sp³-hybridized carbons (Fsp3) is 0.647. The summed E-state index contributed by atoms with van der Waals surface area (Å²) < 4.78 is 29.3. The van der Waals surface area contributed by atoms with E-state index in [9.17, 15) is 14.4 Å². The molecule has 0 aliphatic carbocycles. The Morgan fingerprint density at radius 1 is 1.33 bits per heavy atom. The van der Waals surface area contributed by atoms with Crippen molar-refractivity contribution < 1.29 is 28.5 Å². The van der Waals surface area contributed by atoms with E-state index in [1.165, 1.54) is 4.57 Å². The second-order valence-electron chi connectivity index (χ2n) is 7.70.